The molecule has 4 rings (SSSR count). The summed E-state index contributed by atoms with van der Waals surface area (Å²) < 4.78 is 2.99. The first-order valence-electron chi connectivity index (χ1n) is 7.53. The SMILES string of the molecule is O=[N+]([O-])c1cnc2ccc(NCc3ccc(-n4cccn4)cc3)nn12. The van der Waals surface area contributed by atoms with Crippen molar-refractivity contribution in [2.45, 2.75) is 6.54 Å². The van der Waals surface area contributed by atoms with Gasteiger partial charge in [-0.1, -0.05) is 21.7 Å². The molecule has 0 saturated heterocycles. The summed E-state index contributed by atoms with van der Waals surface area (Å²) in [6.45, 7) is 0.542. The number of hydrogen-bond acceptors (Lipinski definition) is 6. The molecule has 0 spiro atoms. The van der Waals surface area contributed by atoms with Crippen LogP contribution in [0.4, 0.5) is 11.6 Å². The Hall–Kier alpha value is -3.75. The van der Waals surface area contributed by atoms with Gasteiger partial charge in [0, 0.05) is 25.0 Å². The van der Waals surface area contributed by atoms with Gasteiger partial charge in [0.25, 0.3) is 0 Å². The summed E-state index contributed by atoms with van der Waals surface area (Å²) in [5.41, 5.74) is 2.46. The van der Waals surface area contributed by atoms with E-state index in [1.54, 1.807) is 23.0 Å². The lowest BCUT2D eigenvalue weighted by molar-refractivity contribution is -0.391. The maximum absolute atomic E-state index is 11.0. The van der Waals surface area contributed by atoms with Crippen LogP contribution in [0.2, 0.25) is 0 Å². The van der Waals surface area contributed by atoms with Crippen LogP contribution in [0.1, 0.15) is 5.56 Å². The van der Waals surface area contributed by atoms with Crippen LogP contribution in [0, 0.1) is 10.1 Å². The van der Waals surface area contributed by atoms with Crippen molar-refractivity contribution in [3.8, 4) is 5.69 Å². The predicted octanol–water partition coefficient (Wildman–Crippen LogP) is 2.44. The van der Waals surface area contributed by atoms with E-state index in [-0.39, 0.29) is 5.82 Å². The van der Waals surface area contributed by atoms with Crippen LogP contribution in [0.3, 0.4) is 0 Å². The van der Waals surface area contributed by atoms with Gasteiger partial charge in [-0.25, -0.2) is 9.67 Å². The third-order valence-electron chi connectivity index (χ3n) is 3.71. The molecule has 4 aromatic rings. The first kappa shape index (κ1) is 14.8. The number of nitro groups is 1. The molecule has 0 bridgehead atoms. The van der Waals surface area contributed by atoms with Crippen LogP contribution in [-0.4, -0.2) is 29.3 Å². The second-order valence-electron chi connectivity index (χ2n) is 5.33. The molecule has 9 nitrogen and oxygen atoms in total. The van der Waals surface area contributed by atoms with E-state index in [9.17, 15) is 10.1 Å². The summed E-state index contributed by atoms with van der Waals surface area (Å²) in [7, 11) is 0. The Morgan fingerprint density at radius 3 is 2.72 bits per heavy atom. The summed E-state index contributed by atoms with van der Waals surface area (Å²) in [6, 6.07) is 13.2. The van der Waals surface area contributed by atoms with Gasteiger partial charge in [-0.3, -0.25) is 0 Å². The number of hydrogen-bond donors (Lipinski definition) is 1. The molecule has 25 heavy (non-hydrogen) atoms. The molecule has 0 fully saturated rings. The van der Waals surface area contributed by atoms with E-state index < -0.39 is 4.92 Å². The summed E-state index contributed by atoms with van der Waals surface area (Å²) >= 11 is 0. The van der Waals surface area contributed by atoms with Crippen molar-refractivity contribution in [1.29, 1.82) is 0 Å². The second-order valence-corrected chi connectivity index (χ2v) is 5.33. The van der Waals surface area contributed by atoms with Crippen LogP contribution in [-0.2, 0) is 6.54 Å². The molecule has 1 aromatic carbocycles. The van der Waals surface area contributed by atoms with Crippen LogP contribution in [0.15, 0.2) is 61.1 Å². The number of aromatic nitrogens is 5. The lowest BCUT2D eigenvalue weighted by Gasteiger charge is -2.06. The average Bonchev–Trinajstić information content (AvgIpc) is 3.29. The van der Waals surface area contributed by atoms with Crippen molar-refractivity contribution in [3.05, 3.63) is 76.7 Å². The Bertz CT molecular complexity index is 1020. The zero-order valence-electron chi connectivity index (χ0n) is 13.0. The molecule has 0 saturated carbocycles. The minimum absolute atomic E-state index is 0.165. The van der Waals surface area contributed by atoms with E-state index in [2.05, 4.69) is 20.5 Å². The maximum atomic E-state index is 11.0. The van der Waals surface area contributed by atoms with Crippen molar-refractivity contribution < 1.29 is 4.92 Å². The Kier molecular flexibility index (Phi) is 3.58. The summed E-state index contributed by atoms with van der Waals surface area (Å²) in [6.07, 6.45) is 4.80. The third-order valence-corrected chi connectivity index (χ3v) is 3.71. The van der Waals surface area contributed by atoms with Gasteiger partial charge >= 0.3 is 5.82 Å². The smallest absolute Gasteiger partial charge is 0.363 e. The zero-order chi connectivity index (χ0) is 17.2. The fourth-order valence-electron chi connectivity index (χ4n) is 2.46. The lowest BCUT2D eigenvalue weighted by atomic mass is 10.2. The number of rotatable bonds is 5. The van der Waals surface area contributed by atoms with Crippen molar-refractivity contribution in [2.24, 2.45) is 0 Å². The Balaban J connectivity index is 1.50. The Morgan fingerprint density at radius 1 is 1.16 bits per heavy atom. The normalized spacial score (nSPS) is 10.9. The molecule has 124 valence electrons. The third kappa shape index (κ3) is 2.90. The van der Waals surface area contributed by atoms with Crippen molar-refractivity contribution in [1.82, 2.24) is 24.4 Å². The van der Waals surface area contributed by atoms with Crippen LogP contribution in [0.5, 0.6) is 0 Å². The van der Waals surface area contributed by atoms with Gasteiger partial charge in [0.15, 0.2) is 5.82 Å². The molecule has 3 aromatic heterocycles. The number of nitrogens with zero attached hydrogens (tertiary/aromatic N) is 6. The predicted molar refractivity (Wildman–Crippen MR) is 90.5 cm³/mol. The van der Waals surface area contributed by atoms with E-state index in [1.165, 1.54) is 10.7 Å². The summed E-state index contributed by atoms with van der Waals surface area (Å²) in [4.78, 5) is 14.4. The molecule has 0 aliphatic heterocycles. The molecule has 0 aliphatic rings. The maximum Gasteiger partial charge on any atom is 0.368 e. The summed E-state index contributed by atoms with van der Waals surface area (Å²) in [5.74, 6) is 0.368. The molecular weight excluding hydrogens is 322 g/mol. The second kappa shape index (κ2) is 6.04. The number of fused-ring (bicyclic) bond motifs is 1. The molecule has 0 radical (unpaired) electrons. The Morgan fingerprint density at radius 2 is 2.00 bits per heavy atom. The van der Waals surface area contributed by atoms with E-state index >= 15 is 0 Å². The van der Waals surface area contributed by atoms with Crippen molar-refractivity contribution in [3.63, 3.8) is 0 Å². The molecule has 0 amide bonds. The number of benzene rings is 1. The van der Waals surface area contributed by atoms with E-state index in [0.717, 1.165) is 11.3 Å². The molecule has 0 atom stereocenters. The quantitative estimate of drug-likeness (QED) is 0.444. The van der Waals surface area contributed by atoms with Gasteiger partial charge in [0.1, 0.15) is 6.20 Å². The molecular formula is C16H13N7O2. The Labute approximate surface area is 141 Å². The van der Waals surface area contributed by atoms with Gasteiger partial charge in [-0.15, -0.1) is 0 Å². The van der Waals surface area contributed by atoms with Crippen LogP contribution in [0.25, 0.3) is 11.3 Å². The van der Waals surface area contributed by atoms with Crippen LogP contribution >= 0.6 is 0 Å². The largest absolute Gasteiger partial charge is 0.368 e. The monoisotopic (exact) mass is 335 g/mol. The molecule has 9 heteroatoms. The molecule has 3 heterocycles. The minimum atomic E-state index is -0.509. The van der Waals surface area contributed by atoms with E-state index in [0.29, 0.717) is 18.0 Å². The molecule has 0 aliphatic carbocycles. The first-order valence-corrected chi connectivity index (χ1v) is 7.53. The van der Waals surface area contributed by atoms with Gasteiger partial charge in [0.05, 0.1) is 5.69 Å². The van der Waals surface area contributed by atoms with Crippen molar-refractivity contribution in [2.75, 3.05) is 5.32 Å². The van der Waals surface area contributed by atoms with Gasteiger partial charge < -0.3 is 15.4 Å². The van der Waals surface area contributed by atoms with Gasteiger partial charge in [-0.05, 0) is 34.8 Å². The highest BCUT2D eigenvalue weighted by Gasteiger charge is 2.15. The topological polar surface area (TPSA) is 103 Å². The highest BCUT2D eigenvalue weighted by Crippen LogP contribution is 2.15. The minimum Gasteiger partial charge on any atom is -0.363 e. The fourth-order valence-corrected chi connectivity index (χ4v) is 2.46. The molecule has 1 N–H and O–H groups in total. The summed E-state index contributed by atoms with van der Waals surface area (Å²) in [5, 5.41) is 22.5. The first-order chi connectivity index (χ1) is 12.2. The lowest BCUT2D eigenvalue weighted by Crippen LogP contribution is -2.05. The highest BCUT2D eigenvalue weighted by atomic mass is 16.6. The fraction of sp³-hybridized carbons (Fsp3) is 0.0625. The number of imidazole rings is 1. The molecule has 0 unspecified atom stereocenters. The van der Waals surface area contributed by atoms with Crippen molar-refractivity contribution >= 4 is 17.3 Å². The number of nitrogens with one attached hydrogen (secondary N) is 1. The number of anilines is 1. The van der Waals surface area contributed by atoms with Gasteiger partial charge in [0.2, 0.25) is 5.65 Å². The zero-order valence-corrected chi connectivity index (χ0v) is 13.0. The van der Waals surface area contributed by atoms with E-state index in [4.69, 9.17) is 0 Å². The van der Waals surface area contributed by atoms with Gasteiger partial charge in [-0.2, -0.15) is 5.10 Å². The average molecular weight is 335 g/mol. The standard InChI is InChI=1S/C16H13N7O2/c24-23(25)16-11-18-15-7-6-14(20-22(15)16)17-10-12-2-4-13(5-3-12)21-9-1-8-19-21/h1-9,11H,10H2,(H,17,20). The highest BCUT2D eigenvalue weighted by molar-refractivity contribution is 5.48. The van der Waals surface area contributed by atoms with Crippen LogP contribution < -0.4 is 5.32 Å². The van der Waals surface area contributed by atoms with E-state index in [1.807, 2.05) is 36.5 Å².